The third kappa shape index (κ3) is 2.37. The molecule has 0 fully saturated rings. The van der Waals surface area contributed by atoms with Crippen LogP contribution in [-0.2, 0) is 23.0 Å². The van der Waals surface area contributed by atoms with Gasteiger partial charge in [-0.05, 0) is 43.5 Å². The summed E-state index contributed by atoms with van der Waals surface area (Å²) in [4.78, 5) is 4.03. The minimum absolute atomic E-state index is 0.0917. The van der Waals surface area contributed by atoms with Crippen molar-refractivity contribution in [2.45, 2.75) is 31.3 Å². The Morgan fingerprint density at radius 2 is 2.19 bits per heavy atom. The maximum atomic E-state index is 12.8. The summed E-state index contributed by atoms with van der Waals surface area (Å²) in [5.74, 6) is 0. The summed E-state index contributed by atoms with van der Waals surface area (Å²) in [6, 6.07) is 5.36. The lowest BCUT2D eigenvalue weighted by Crippen LogP contribution is -2.35. The second kappa shape index (κ2) is 5.07. The van der Waals surface area contributed by atoms with Crippen molar-refractivity contribution >= 4 is 21.4 Å². The predicted molar refractivity (Wildman–Crippen MR) is 81.6 cm³/mol. The summed E-state index contributed by atoms with van der Waals surface area (Å²) in [5.41, 5.74) is 8.12. The van der Waals surface area contributed by atoms with Crippen molar-refractivity contribution in [3.63, 3.8) is 0 Å². The molecule has 0 radical (unpaired) electrons. The van der Waals surface area contributed by atoms with Gasteiger partial charge in [0.1, 0.15) is 0 Å². The molecule has 1 aromatic heterocycles. The lowest BCUT2D eigenvalue weighted by atomic mass is 10.0. The molecule has 2 heterocycles. The summed E-state index contributed by atoms with van der Waals surface area (Å²) < 4.78 is 28.8. The Kier molecular flexibility index (Phi) is 3.36. The van der Waals surface area contributed by atoms with Gasteiger partial charge < -0.3 is 10.3 Å². The van der Waals surface area contributed by atoms with Crippen LogP contribution in [0.5, 0.6) is 0 Å². The number of aryl methyl sites for hydroxylation is 2. The van der Waals surface area contributed by atoms with Gasteiger partial charge in [-0.15, -0.1) is 0 Å². The Bertz CT molecular complexity index is 767. The highest BCUT2D eigenvalue weighted by molar-refractivity contribution is 7.92. The van der Waals surface area contributed by atoms with Gasteiger partial charge in [0, 0.05) is 25.0 Å². The van der Waals surface area contributed by atoms with Crippen molar-refractivity contribution in [1.82, 2.24) is 9.55 Å². The standard InChI is InChI=1S/C14H18N4O2S/c1-2-17-9-14(16-10-17)21(19,20)18-7-3-4-11-8-12(15)5-6-13(11)18/h5-6,8-10H,2-4,7,15H2,1H3. The third-order valence-electron chi connectivity index (χ3n) is 3.71. The van der Waals surface area contributed by atoms with E-state index >= 15 is 0 Å². The van der Waals surface area contributed by atoms with Crippen LogP contribution in [0.4, 0.5) is 11.4 Å². The number of nitrogens with zero attached hydrogens (tertiary/aromatic N) is 3. The van der Waals surface area contributed by atoms with Crippen molar-refractivity contribution in [1.29, 1.82) is 0 Å². The van der Waals surface area contributed by atoms with Crippen molar-refractivity contribution in [3.05, 3.63) is 36.3 Å². The van der Waals surface area contributed by atoms with E-state index in [0.29, 0.717) is 24.5 Å². The van der Waals surface area contributed by atoms with Gasteiger partial charge in [0.25, 0.3) is 10.0 Å². The number of hydrogen-bond acceptors (Lipinski definition) is 4. The molecule has 2 N–H and O–H groups in total. The zero-order valence-electron chi connectivity index (χ0n) is 11.9. The van der Waals surface area contributed by atoms with E-state index in [2.05, 4.69) is 4.98 Å². The van der Waals surface area contributed by atoms with Crippen molar-refractivity contribution < 1.29 is 8.42 Å². The van der Waals surface area contributed by atoms with E-state index in [1.165, 1.54) is 4.31 Å². The molecule has 2 aromatic rings. The van der Waals surface area contributed by atoms with Crippen LogP contribution in [0.3, 0.4) is 0 Å². The molecule has 0 saturated heterocycles. The smallest absolute Gasteiger partial charge is 0.283 e. The fourth-order valence-electron chi connectivity index (χ4n) is 2.59. The van der Waals surface area contributed by atoms with Crippen molar-refractivity contribution in [3.8, 4) is 0 Å². The normalized spacial score (nSPS) is 15.0. The molecule has 0 spiro atoms. The van der Waals surface area contributed by atoms with E-state index in [1.54, 1.807) is 29.2 Å². The van der Waals surface area contributed by atoms with Gasteiger partial charge in [0.2, 0.25) is 0 Å². The minimum atomic E-state index is -3.62. The molecule has 1 aliphatic rings. The van der Waals surface area contributed by atoms with Gasteiger partial charge in [-0.3, -0.25) is 4.31 Å². The Balaban J connectivity index is 2.05. The molecule has 1 aliphatic heterocycles. The fourth-order valence-corrected chi connectivity index (χ4v) is 4.07. The number of benzene rings is 1. The zero-order valence-corrected chi connectivity index (χ0v) is 12.7. The summed E-state index contributed by atoms with van der Waals surface area (Å²) in [5, 5.41) is 0.0917. The average molecular weight is 306 g/mol. The molecule has 6 nitrogen and oxygen atoms in total. The predicted octanol–water partition coefficient (Wildman–Crippen LogP) is 1.63. The second-order valence-corrected chi connectivity index (χ2v) is 6.92. The summed E-state index contributed by atoms with van der Waals surface area (Å²) in [6.07, 6.45) is 4.74. The number of fused-ring (bicyclic) bond motifs is 1. The second-order valence-electron chi connectivity index (χ2n) is 5.11. The molecule has 21 heavy (non-hydrogen) atoms. The van der Waals surface area contributed by atoms with Gasteiger partial charge in [-0.2, -0.15) is 8.42 Å². The number of anilines is 2. The highest BCUT2D eigenvalue weighted by atomic mass is 32.2. The Morgan fingerprint density at radius 1 is 1.38 bits per heavy atom. The van der Waals surface area contributed by atoms with Gasteiger partial charge in [0.05, 0.1) is 12.0 Å². The number of rotatable bonds is 3. The first kappa shape index (κ1) is 13.9. The van der Waals surface area contributed by atoms with Gasteiger partial charge in [-0.25, -0.2) is 4.98 Å². The highest BCUT2D eigenvalue weighted by Crippen LogP contribution is 2.32. The lowest BCUT2D eigenvalue weighted by Gasteiger charge is -2.29. The van der Waals surface area contributed by atoms with Gasteiger partial charge >= 0.3 is 0 Å². The molecular weight excluding hydrogens is 288 g/mol. The monoisotopic (exact) mass is 306 g/mol. The number of nitrogen functional groups attached to an aromatic ring is 1. The van der Waals surface area contributed by atoms with Crippen LogP contribution in [0.1, 0.15) is 18.9 Å². The Labute approximate surface area is 124 Å². The first-order valence-electron chi connectivity index (χ1n) is 6.95. The Hall–Kier alpha value is -2.02. The van der Waals surface area contributed by atoms with E-state index in [9.17, 15) is 8.42 Å². The van der Waals surface area contributed by atoms with E-state index in [4.69, 9.17) is 5.73 Å². The maximum absolute atomic E-state index is 12.8. The van der Waals surface area contributed by atoms with Gasteiger partial charge in [0.15, 0.2) is 5.03 Å². The summed E-state index contributed by atoms with van der Waals surface area (Å²) in [6.45, 7) is 3.10. The molecule has 0 bridgehead atoms. The number of nitrogens with two attached hydrogens (primary N) is 1. The maximum Gasteiger partial charge on any atom is 0.283 e. The van der Waals surface area contributed by atoms with Crippen molar-refractivity contribution in [2.75, 3.05) is 16.6 Å². The molecule has 1 aromatic carbocycles. The zero-order chi connectivity index (χ0) is 15.0. The van der Waals surface area contributed by atoms with E-state index in [1.807, 2.05) is 13.0 Å². The first-order chi connectivity index (χ1) is 10.0. The number of hydrogen-bond donors (Lipinski definition) is 1. The molecule has 7 heteroatoms. The average Bonchev–Trinajstić information content (AvgIpc) is 2.96. The third-order valence-corrected chi connectivity index (χ3v) is 5.41. The Morgan fingerprint density at radius 3 is 2.90 bits per heavy atom. The van der Waals surface area contributed by atoms with Crippen LogP contribution in [0.25, 0.3) is 0 Å². The van der Waals surface area contributed by atoms with E-state index in [0.717, 1.165) is 18.4 Å². The number of aromatic nitrogens is 2. The van der Waals surface area contributed by atoms with Crippen LogP contribution in [-0.4, -0.2) is 24.5 Å². The largest absolute Gasteiger partial charge is 0.399 e. The highest BCUT2D eigenvalue weighted by Gasteiger charge is 2.30. The fraction of sp³-hybridized carbons (Fsp3) is 0.357. The molecular formula is C14H18N4O2S. The first-order valence-corrected chi connectivity index (χ1v) is 8.39. The van der Waals surface area contributed by atoms with Crippen molar-refractivity contribution in [2.24, 2.45) is 0 Å². The molecule has 0 aliphatic carbocycles. The van der Waals surface area contributed by atoms with E-state index < -0.39 is 10.0 Å². The molecule has 0 saturated carbocycles. The molecule has 0 atom stereocenters. The van der Waals surface area contributed by atoms with Crippen LogP contribution in [0.2, 0.25) is 0 Å². The summed E-state index contributed by atoms with van der Waals surface area (Å²) in [7, 11) is -3.62. The quantitative estimate of drug-likeness (QED) is 0.874. The topological polar surface area (TPSA) is 81.2 Å². The molecule has 112 valence electrons. The molecule has 0 amide bonds. The van der Waals surface area contributed by atoms with Crippen LogP contribution < -0.4 is 10.0 Å². The SMILES string of the molecule is CCn1cnc(S(=O)(=O)N2CCCc3cc(N)ccc32)c1. The number of imidazole rings is 1. The van der Waals surface area contributed by atoms with Crippen LogP contribution >= 0.6 is 0 Å². The summed E-state index contributed by atoms with van der Waals surface area (Å²) >= 11 is 0. The van der Waals surface area contributed by atoms with Gasteiger partial charge in [-0.1, -0.05) is 0 Å². The van der Waals surface area contributed by atoms with Crippen LogP contribution in [0.15, 0.2) is 35.7 Å². The minimum Gasteiger partial charge on any atom is -0.399 e. The van der Waals surface area contributed by atoms with E-state index in [-0.39, 0.29) is 5.03 Å². The number of sulfonamides is 1. The molecule has 0 unspecified atom stereocenters. The lowest BCUT2D eigenvalue weighted by molar-refractivity contribution is 0.583. The molecule has 3 rings (SSSR count). The van der Waals surface area contributed by atoms with Crippen LogP contribution in [0, 0.1) is 0 Å².